The normalized spacial score (nSPS) is 24.1. The average Bonchev–Trinajstić information content (AvgIpc) is 3.37. The van der Waals surface area contributed by atoms with Crippen molar-refractivity contribution in [2.45, 2.75) is 51.5 Å². The second kappa shape index (κ2) is 4.77. The highest BCUT2D eigenvalue weighted by atomic mass is 16.5. The van der Waals surface area contributed by atoms with E-state index >= 15 is 0 Å². The molecule has 0 radical (unpaired) electrons. The van der Waals surface area contributed by atoms with Gasteiger partial charge in [0.25, 0.3) is 0 Å². The Labute approximate surface area is 121 Å². The molecule has 2 fully saturated rings. The number of hydrogen-bond acceptors (Lipinski definition) is 2. The summed E-state index contributed by atoms with van der Waals surface area (Å²) in [6.45, 7) is 4.37. The van der Waals surface area contributed by atoms with Crippen LogP contribution in [-0.4, -0.2) is 13.2 Å². The molecule has 1 aliphatic heterocycles. The van der Waals surface area contributed by atoms with Gasteiger partial charge in [-0.05, 0) is 60.6 Å². The maximum atomic E-state index is 5.61. The summed E-state index contributed by atoms with van der Waals surface area (Å²) in [6.07, 6.45) is 8.12. The molecule has 3 aliphatic rings. The lowest BCUT2D eigenvalue weighted by atomic mass is 9.97. The number of fused-ring (bicyclic) bond motifs is 1. The first kappa shape index (κ1) is 12.7. The standard InChI is InChI=1S/C18H25NO/c1-2-16(19-12-18(8-9-18)15-4-5-15)13-3-6-17-14(11-13)7-10-20-17/h3,6,11,15-16,19H,2,4-5,7-10,12H2,1H3. The average molecular weight is 271 g/mol. The van der Waals surface area contributed by atoms with Gasteiger partial charge in [-0.15, -0.1) is 0 Å². The fourth-order valence-corrected chi connectivity index (χ4v) is 3.83. The maximum Gasteiger partial charge on any atom is 0.122 e. The fourth-order valence-electron chi connectivity index (χ4n) is 3.83. The molecule has 0 amide bonds. The molecule has 1 unspecified atom stereocenters. The SMILES string of the molecule is CCC(NCC1(C2CC2)CC1)c1ccc2c(c1)CCO2. The van der Waals surface area contributed by atoms with Crippen molar-refractivity contribution in [1.82, 2.24) is 5.32 Å². The Hall–Kier alpha value is -1.02. The molecule has 0 aromatic heterocycles. The van der Waals surface area contributed by atoms with Crippen LogP contribution >= 0.6 is 0 Å². The highest BCUT2D eigenvalue weighted by Crippen LogP contribution is 2.61. The van der Waals surface area contributed by atoms with Gasteiger partial charge in [0.2, 0.25) is 0 Å². The largest absolute Gasteiger partial charge is 0.493 e. The van der Waals surface area contributed by atoms with Crippen LogP contribution in [0, 0.1) is 11.3 Å². The fraction of sp³-hybridized carbons (Fsp3) is 0.667. The Morgan fingerprint density at radius 2 is 2.20 bits per heavy atom. The van der Waals surface area contributed by atoms with E-state index < -0.39 is 0 Å². The third kappa shape index (κ3) is 2.24. The first-order chi connectivity index (χ1) is 9.81. The van der Waals surface area contributed by atoms with Crippen molar-refractivity contribution >= 4 is 0 Å². The van der Waals surface area contributed by atoms with Gasteiger partial charge in [-0.2, -0.15) is 0 Å². The monoisotopic (exact) mass is 271 g/mol. The first-order valence-electron chi connectivity index (χ1n) is 8.30. The molecule has 2 saturated carbocycles. The van der Waals surface area contributed by atoms with Crippen molar-refractivity contribution in [2.24, 2.45) is 11.3 Å². The van der Waals surface area contributed by atoms with E-state index in [0.717, 1.165) is 24.7 Å². The Bertz CT molecular complexity index is 502. The van der Waals surface area contributed by atoms with E-state index in [-0.39, 0.29) is 0 Å². The van der Waals surface area contributed by atoms with Gasteiger partial charge in [-0.25, -0.2) is 0 Å². The van der Waals surface area contributed by atoms with Crippen molar-refractivity contribution in [3.8, 4) is 5.75 Å². The van der Waals surface area contributed by atoms with Crippen molar-refractivity contribution < 1.29 is 4.74 Å². The maximum absolute atomic E-state index is 5.61. The Morgan fingerprint density at radius 1 is 1.35 bits per heavy atom. The van der Waals surface area contributed by atoms with E-state index in [1.807, 2.05) is 0 Å². The summed E-state index contributed by atoms with van der Waals surface area (Å²) < 4.78 is 5.61. The lowest BCUT2D eigenvalue weighted by Crippen LogP contribution is -2.29. The molecule has 108 valence electrons. The first-order valence-corrected chi connectivity index (χ1v) is 8.30. The van der Waals surface area contributed by atoms with Gasteiger partial charge in [-0.3, -0.25) is 0 Å². The second-order valence-electron chi connectivity index (χ2n) is 6.94. The van der Waals surface area contributed by atoms with Crippen LogP contribution < -0.4 is 10.1 Å². The highest BCUT2D eigenvalue weighted by molar-refractivity contribution is 5.40. The molecule has 1 atom stereocenters. The Morgan fingerprint density at radius 3 is 2.90 bits per heavy atom. The minimum absolute atomic E-state index is 0.511. The van der Waals surface area contributed by atoms with Crippen LogP contribution in [0.3, 0.4) is 0 Å². The lowest BCUT2D eigenvalue weighted by molar-refractivity contribution is 0.356. The van der Waals surface area contributed by atoms with E-state index in [9.17, 15) is 0 Å². The van der Waals surface area contributed by atoms with Gasteiger partial charge >= 0.3 is 0 Å². The molecular weight excluding hydrogens is 246 g/mol. The minimum atomic E-state index is 0.511. The van der Waals surface area contributed by atoms with E-state index in [1.54, 1.807) is 0 Å². The van der Waals surface area contributed by atoms with Gasteiger partial charge in [0.05, 0.1) is 6.61 Å². The van der Waals surface area contributed by atoms with Crippen molar-refractivity contribution in [1.29, 1.82) is 0 Å². The minimum Gasteiger partial charge on any atom is -0.493 e. The molecule has 2 heteroatoms. The zero-order valence-electron chi connectivity index (χ0n) is 12.5. The quantitative estimate of drug-likeness (QED) is 0.848. The molecule has 1 aromatic rings. The molecule has 20 heavy (non-hydrogen) atoms. The van der Waals surface area contributed by atoms with Crippen LogP contribution in [0.5, 0.6) is 5.75 Å². The molecule has 1 aromatic carbocycles. The van der Waals surface area contributed by atoms with Gasteiger partial charge in [0, 0.05) is 19.0 Å². The molecule has 2 nitrogen and oxygen atoms in total. The molecule has 2 aliphatic carbocycles. The summed E-state index contributed by atoms with van der Waals surface area (Å²) >= 11 is 0. The zero-order valence-corrected chi connectivity index (χ0v) is 12.5. The highest BCUT2D eigenvalue weighted by Gasteiger charge is 2.53. The van der Waals surface area contributed by atoms with Gasteiger partial charge in [-0.1, -0.05) is 19.1 Å². The van der Waals surface area contributed by atoms with Crippen LogP contribution in [0.2, 0.25) is 0 Å². The summed E-state index contributed by atoms with van der Waals surface area (Å²) in [6, 6.07) is 7.29. The van der Waals surface area contributed by atoms with Crippen LogP contribution in [0.25, 0.3) is 0 Å². The number of benzene rings is 1. The van der Waals surface area contributed by atoms with Gasteiger partial charge in [0.15, 0.2) is 0 Å². The van der Waals surface area contributed by atoms with Crippen molar-refractivity contribution in [2.75, 3.05) is 13.2 Å². The van der Waals surface area contributed by atoms with E-state index in [2.05, 4.69) is 30.4 Å². The summed E-state index contributed by atoms with van der Waals surface area (Å²) in [4.78, 5) is 0. The van der Waals surface area contributed by atoms with Crippen LogP contribution in [0.15, 0.2) is 18.2 Å². The molecule has 4 rings (SSSR count). The van der Waals surface area contributed by atoms with Gasteiger partial charge < -0.3 is 10.1 Å². The Kier molecular flexibility index (Phi) is 3.03. The number of rotatable bonds is 6. The topological polar surface area (TPSA) is 21.3 Å². The van der Waals surface area contributed by atoms with Crippen LogP contribution in [0.4, 0.5) is 0 Å². The third-order valence-corrected chi connectivity index (χ3v) is 5.56. The van der Waals surface area contributed by atoms with Gasteiger partial charge in [0.1, 0.15) is 5.75 Å². The molecule has 0 bridgehead atoms. The number of hydrogen-bond donors (Lipinski definition) is 1. The van der Waals surface area contributed by atoms with Crippen LogP contribution in [-0.2, 0) is 6.42 Å². The molecule has 0 spiro atoms. The van der Waals surface area contributed by atoms with E-state index in [1.165, 1.54) is 49.8 Å². The third-order valence-electron chi connectivity index (χ3n) is 5.56. The van der Waals surface area contributed by atoms with Crippen molar-refractivity contribution in [3.63, 3.8) is 0 Å². The number of ether oxygens (including phenoxy) is 1. The smallest absolute Gasteiger partial charge is 0.122 e. The molecule has 1 heterocycles. The summed E-state index contributed by atoms with van der Waals surface area (Å²) in [5, 5.41) is 3.86. The number of nitrogens with one attached hydrogen (secondary N) is 1. The van der Waals surface area contributed by atoms with E-state index in [0.29, 0.717) is 11.5 Å². The lowest BCUT2D eigenvalue weighted by Gasteiger charge is -2.22. The predicted molar refractivity (Wildman–Crippen MR) is 81.1 cm³/mol. The Balaban J connectivity index is 1.44. The predicted octanol–water partition coefficient (Wildman–Crippen LogP) is 3.85. The van der Waals surface area contributed by atoms with Crippen LogP contribution in [0.1, 0.15) is 56.2 Å². The summed E-state index contributed by atoms with van der Waals surface area (Å²) in [5.74, 6) is 2.14. The van der Waals surface area contributed by atoms with Crippen molar-refractivity contribution in [3.05, 3.63) is 29.3 Å². The van der Waals surface area contributed by atoms with E-state index in [4.69, 9.17) is 4.74 Å². The zero-order chi connectivity index (χ0) is 13.6. The second-order valence-corrected chi connectivity index (χ2v) is 6.94. The molecular formula is C18H25NO. The summed E-state index contributed by atoms with van der Waals surface area (Å²) in [7, 11) is 0. The summed E-state index contributed by atoms with van der Waals surface area (Å²) in [5.41, 5.74) is 3.53. The molecule has 1 N–H and O–H groups in total. The molecule has 0 saturated heterocycles.